The number of aromatic nitrogens is 2. The number of hydrogen-bond donors (Lipinski definition) is 0. The molecule has 0 spiro atoms. The normalized spacial score (nSPS) is 7.73. The third-order valence-electron chi connectivity index (χ3n) is 1.19. The van der Waals surface area contributed by atoms with Crippen molar-refractivity contribution in [1.29, 1.82) is 5.26 Å². The SMILES string of the molecule is CC[n+]1ccn(C)c1.N#C[Se-]. The summed E-state index contributed by atoms with van der Waals surface area (Å²) in [6.07, 6.45) is 6.14. The van der Waals surface area contributed by atoms with Gasteiger partial charge in [0.25, 0.3) is 0 Å². The first kappa shape index (κ1) is 10.2. The number of hydrogen-bond acceptors (Lipinski definition) is 1. The van der Waals surface area contributed by atoms with Gasteiger partial charge in [-0.05, 0) is 6.92 Å². The van der Waals surface area contributed by atoms with E-state index in [0.29, 0.717) is 0 Å². The first-order chi connectivity index (χ1) is 5.24. The van der Waals surface area contributed by atoms with Crippen LogP contribution in [0.25, 0.3) is 0 Å². The molecule has 0 saturated heterocycles. The van der Waals surface area contributed by atoms with Crippen LogP contribution in [0.15, 0.2) is 18.7 Å². The van der Waals surface area contributed by atoms with Crippen molar-refractivity contribution in [2.45, 2.75) is 13.5 Å². The molecule has 0 fully saturated rings. The van der Waals surface area contributed by atoms with E-state index < -0.39 is 0 Å². The second-order valence-corrected chi connectivity index (χ2v) is 2.38. The number of aryl methyl sites for hydroxylation is 2. The maximum atomic E-state index is 7.26. The van der Waals surface area contributed by atoms with Crippen LogP contribution in [0.5, 0.6) is 0 Å². The zero-order chi connectivity index (χ0) is 8.69. The summed E-state index contributed by atoms with van der Waals surface area (Å²) in [6, 6.07) is 0. The third kappa shape index (κ3) is 4.60. The standard InChI is InChI=1S/C6H11N2.CHNSe/c1-3-8-5-4-7(2)6-8;2-1-3/h4-6H,3H2,1-2H3;3H/q+1;/p-1. The van der Waals surface area contributed by atoms with Crippen molar-refractivity contribution in [3.8, 4) is 4.97 Å². The summed E-state index contributed by atoms with van der Waals surface area (Å²) < 4.78 is 4.16. The van der Waals surface area contributed by atoms with Gasteiger partial charge >= 0.3 is 26.2 Å². The molecule has 0 aromatic carbocycles. The summed E-state index contributed by atoms with van der Waals surface area (Å²) in [5.41, 5.74) is 0. The molecule has 1 aromatic rings. The summed E-state index contributed by atoms with van der Waals surface area (Å²) in [6.45, 7) is 3.18. The van der Waals surface area contributed by atoms with Crippen molar-refractivity contribution in [2.24, 2.45) is 7.05 Å². The summed E-state index contributed by atoms with van der Waals surface area (Å²) in [4.78, 5) is 1.62. The Hall–Kier alpha value is -0.781. The maximum absolute atomic E-state index is 7.26. The van der Waals surface area contributed by atoms with Crippen molar-refractivity contribution in [1.82, 2.24) is 4.57 Å². The first-order valence-corrected chi connectivity index (χ1v) is 4.12. The van der Waals surface area contributed by atoms with Gasteiger partial charge < -0.3 is 0 Å². The first-order valence-electron chi connectivity index (χ1n) is 3.26. The van der Waals surface area contributed by atoms with E-state index in [4.69, 9.17) is 5.26 Å². The molecule has 1 heterocycles. The monoisotopic (exact) mass is 217 g/mol. The van der Waals surface area contributed by atoms with Gasteiger partial charge in [-0.15, -0.1) is 0 Å². The van der Waals surface area contributed by atoms with Crippen molar-refractivity contribution >= 4 is 16.0 Å². The van der Waals surface area contributed by atoms with Crippen molar-refractivity contribution in [3.05, 3.63) is 18.7 Å². The minimum atomic E-state index is 1.06. The molecule has 0 amide bonds. The molecule has 4 heteroatoms. The molecule has 0 aliphatic rings. The number of nitriles is 1. The van der Waals surface area contributed by atoms with Crippen LogP contribution >= 0.6 is 0 Å². The van der Waals surface area contributed by atoms with E-state index in [1.807, 2.05) is 17.8 Å². The summed E-state index contributed by atoms with van der Waals surface area (Å²) in [7, 11) is 2.02. The van der Waals surface area contributed by atoms with Crippen LogP contribution in [0.2, 0.25) is 0 Å². The molecule has 3 nitrogen and oxygen atoms in total. The fourth-order valence-corrected chi connectivity index (χ4v) is 0.689. The molecule has 0 aliphatic carbocycles. The molecule has 1 rings (SSSR count). The van der Waals surface area contributed by atoms with Gasteiger partial charge in [0.2, 0.25) is 6.33 Å². The second-order valence-electron chi connectivity index (χ2n) is 2.00. The van der Waals surface area contributed by atoms with Gasteiger partial charge in [0.15, 0.2) is 0 Å². The minimum absolute atomic E-state index is 1.06. The molecule has 0 N–H and O–H groups in total. The third-order valence-corrected chi connectivity index (χ3v) is 1.19. The van der Waals surface area contributed by atoms with Crippen LogP contribution in [-0.4, -0.2) is 20.6 Å². The zero-order valence-corrected chi connectivity index (χ0v) is 8.40. The van der Waals surface area contributed by atoms with Crippen LogP contribution in [0.3, 0.4) is 0 Å². The van der Waals surface area contributed by atoms with E-state index in [2.05, 4.69) is 40.0 Å². The Morgan fingerprint density at radius 3 is 2.45 bits per heavy atom. The summed E-state index contributed by atoms with van der Waals surface area (Å²) in [5, 5.41) is 7.26. The van der Waals surface area contributed by atoms with E-state index in [1.165, 1.54) is 0 Å². The topological polar surface area (TPSA) is 32.6 Å². The van der Waals surface area contributed by atoms with Crippen molar-refractivity contribution in [3.63, 3.8) is 0 Å². The average Bonchev–Trinajstić information content (AvgIpc) is 2.37. The van der Waals surface area contributed by atoms with Crippen molar-refractivity contribution in [2.75, 3.05) is 0 Å². The molecular formula is C7H11N3Se. The average molecular weight is 216 g/mol. The number of rotatable bonds is 1. The Bertz CT molecular complexity index is 236. The van der Waals surface area contributed by atoms with Gasteiger partial charge in [-0.1, -0.05) is 0 Å². The van der Waals surface area contributed by atoms with Gasteiger partial charge in [0, 0.05) is 0 Å². The zero-order valence-electron chi connectivity index (χ0n) is 6.69. The fourth-order valence-electron chi connectivity index (χ4n) is 0.689. The predicted octanol–water partition coefficient (Wildman–Crippen LogP) is -0.0315. The Morgan fingerprint density at radius 1 is 1.73 bits per heavy atom. The molecule has 60 valence electrons. The number of imidazole rings is 1. The van der Waals surface area contributed by atoms with E-state index in [9.17, 15) is 0 Å². The van der Waals surface area contributed by atoms with E-state index in [-0.39, 0.29) is 0 Å². The molecule has 0 radical (unpaired) electrons. The van der Waals surface area contributed by atoms with Crippen molar-refractivity contribution < 1.29 is 4.57 Å². The van der Waals surface area contributed by atoms with E-state index >= 15 is 0 Å². The van der Waals surface area contributed by atoms with Crippen LogP contribution in [-0.2, 0) is 13.6 Å². The van der Waals surface area contributed by atoms with E-state index in [0.717, 1.165) is 6.54 Å². The van der Waals surface area contributed by atoms with Gasteiger partial charge in [-0.2, -0.15) is 0 Å². The summed E-state index contributed by atoms with van der Waals surface area (Å²) in [5.74, 6) is 0. The van der Waals surface area contributed by atoms with Gasteiger partial charge in [0.1, 0.15) is 12.4 Å². The van der Waals surface area contributed by atoms with Gasteiger partial charge in [-0.3, -0.25) is 0 Å². The molecule has 0 atom stereocenters. The quantitative estimate of drug-likeness (QED) is 0.479. The number of nitrogens with zero attached hydrogens (tertiary/aromatic N) is 3. The molecule has 0 unspecified atom stereocenters. The van der Waals surface area contributed by atoms with Crippen LogP contribution in [0.4, 0.5) is 0 Å². The molecule has 11 heavy (non-hydrogen) atoms. The van der Waals surface area contributed by atoms with E-state index in [1.54, 1.807) is 4.97 Å². The molecular weight excluding hydrogens is 205 g/mol. The van der Waals surface area contributed by atoms with Crippen LogP contribution in [0.1, 0.15) is 6.92 Å². The Morgan fingerprint density at radius 2 is 2.27 bits per heavy atom. The van der Waals surface area contributed by atoms with Gasteiger partial charge in [-0.25, -0.2) is 9.13 Å². The van der Waals surface area contributed by atoms with Crippen LogP contribution in [0, 0.1) is 10.2 Å². The molecule has 0 saturated carbocycles. The molecule has 0 aliphatic heterocycles. The molecule has 0 bridgehead atoms. The predicted molar refractivity (Wildman–Crippen MR) is 42.6 cm³/mol. The van der Waals surface area contributed by atoms with Gasteiger partial charge in [0.05, 0.1) is 13.6 Å². The van der Waals surface area contributed by atoms with Crippen LogP contribution < -0.4 is 4.57 Å². The second kappa shape index (κ2) is 5.96. The Balaban J connectivity index is 0.000000292. The Kier molecular flexibility index (Phi) is 5.54. The summed E-state index contributed by atoms with van der Waals surface area (Å²) >= 11 is 2.11. The Labute approximate surface area is 75.1 Å². The fraction of sp³-hybridized carbons (Fsp3) is 0.429. The molecule has 1 aromatic heterocycles.